The zero-order chi connectivity index (χ0) is 19.4. The smallest absolute Gasteiger partial charge is 0.258 e. The number of para-hydroxylation sites is 1. The van der Waals surface area contributed by atoms with Crippen LogP contribution in [-0.4, -0.2) is 30.4 Å². The fraction of sp³-hybridized carbons (Fsp3) is 0.364. The zero-order valence-electron chi connectivity index (χ0n) is 16.1. The lowest BCUT2D eigenvalue weighted by atomic mass is 10.0. The summed E-state index contributed by atoms with van der Waals surface area (Å²) in [5.74, 6) is 0.0684. The Morgan fingerprint density at radius 2 is 1.93 bits per heavy atom. The van der Waals surface area contributed by atoms with Gasteiger partial charge in [0.15, 0.2) is 0 Å². The third-order valence-corrected chi connectivity index (χ3v) is 5.24. The van der Waals surface area contributed by atoms with Crippen molar-refractivity contribution >= 4 is 17.3 Å². The highest BCUT2D eigenvalue weighted by Gasteiger charge is 2.35. The van der Waals surface area contributed by atoms with Crippen molar-refractivity contribution in [3.05, 3.63) is 59.7 Å². The Kier molecular flexibility index (Phi) is 5.66. The highest BCUT2D eigenvalue weighted by Crippen LogP contribution is 2.35. The van der Waals surface area contributed by atoms with Gasteiger partial charge in [-0.25, -0.2) is 0 Å². The first-order valence-electron chi connectivity index (χ1n) is 9.43. The Balaban J connectivity index is 1.91. The molecule has 2 aromatic rings. The van der Waals surface area contributed by atoms with Crippen molar-refractivity contribution in [1.29, 1.82) is 5.26 Å². The molecule has 3 rings (SSSR count). The van der Waals surface area contributed by atoms with E-state index in [1.165, 1.54) is 0 Å². The number of benzene rings is 2. The summed E-state index contributed by atoms with van der Waals surface area (Å²) >= 11 is 0. The molecule has 0 fully saturated rings. The normalized spacial score (nSPS) is 16.9. The number of carbonyl (C=O) groups is 1. The van der Waals surface area contributed by atoms with E-state index < -0.39 is 0 Å². The third-order valence-electron chi connectivity index (χ3n) is 5.24. The van der Waals surface area contributed by atoms with Crippen LogP contribution in [0.15, 0.2) is 48.5 Å². The molecule has 1 heterocycles. The summed E-state index contributed by atoms with van der Waals surface area (Å²) in [5.41, 5.74) is 3.71. The van der Waals surface area contributed by atoms with Crippen LogP contribution in [0.4, 0.5) is 11.4 Å². The third kappa shape index (κ3) is 3.75. The van der Waals surface area contributed by atoms with Crippen molar-refractivity contribution in [2.24, 2.45) is 0 Å². The summed E-state index contributed by atoms with van der Waals surface area (Å²) in [6, 6.07) is 18.2. The highest BCUT2D eigenvalue weighted by atomic mass is 16.2. The maximum atomic E-state index is 13.1. The van der Waals surface area contributed by atoms with Gasteiger partial charge in [0, 0.05) is 31.0 Å². The number of carbonyl (C=O) groups excluding carboxylic acids is 1. The van der Waals surface area contributed by atoms with E-state index in [4.69, 9.17) is 5.26 Å². The van der Waals surface area contributed by atoms with Gasteiger partial charge in [0.2, 0.25) is 0 Å². The Hall–Kier alpha value is -3.00. The maximum absolute atomic E-state index is 13.1. The molecule has 0 saturated heterocycles. The maximum Gasteiger partial charge on any atom is 0.258 e. The summed E-state index contributed by atoms with van der Waals surface area (Å²) in [6.07, 6.45) is 1.19. The van der Waals surface area contributed by atoms with Crippen LogP contribution < -0.4 is 10.2 Å². The molecule has 2 atom stereocenters. The minimum Gasteiger partial charge on any atom is -0.374 e. The number of nitrogens with zero attached hydrogens (tertiary/aromatic N) is 3. The summed E-state index contributed by atoms with van der Waals surface area (Å²) in [4.78, 5) is 17.1. The molecule has 5 nitrogen and oxygen atoms in total. The van der Waals surface area contributed by atoms with Crippen molar-refractivity contribution in [3.63, 3.8) is 0 Å². The largest absolute Gasteiger partial charge is 0.374 e. The van der Waals surface area contributed by atoms with E-state index in [1.54, 1.807) is 0 Å². The molecular weight excluding hydrogens is 336 g/mol. The number of nitrogens with one attached hydrogen (secondary N) is 1. The van der Waals surface area contributed by atoms with Crippen LogP contribution in [-0.2, 0) is 0 Å². The zero-order valence-corrected chi connectivity index (χ0v) is 16.1. The van der Waals surface area contributed by atoms with Gasteiger partial charge in [0.1, 0.15) is 6.17 Å². The first-order chi connectivity index (χ1) is 13.1. The van der Waals surface area contributed by atoms with Crippen molar-refractivity contribution in [3.8, 4) is 6.07 Å². The van der Waals surface area contributed by atoms with Gasteiger partial charge in [0.25, 0.3) is 5.91 Å². The van der Waals surface area contributed by atoms with Gasteiger partial charge >= 0.3 is 0 Å². The van der Waals surface area contributed by atoms with Crippen LogP contribution in [0, 0.1) is 11.3 Å². The second-order valence-corrected chi connectivity index (χ2v) is 6.98. The van der Waals surface area contributed by atoms with E-state index in [1.807, 2.05) is 48.3 Å². The number of hydrogen-bond donors (Lipinski definition) is 1. The van der Waals surface area contributed by atoms with E-state index in [0.717, 1.165) is 28.9 Å². The Morgan fingerprint density at radius 1 is 1.22 bits per heavy atom. The van der Waals surface area contributed by atoms with E-state index in [2.05, 4.69) is 42.3 Å². The summed E-state index contributed by atoms with van der Waals surface area (Å²) in [6.45, 7) is 4.88. The molecule has 27 heavy (non-hydrogen) atoms. The molecule has 2 aromatic carbocycles. The number of anilines is 2. The molecule has 140 valence electrons. The van der Waals surface area contributed by atoms with Gasteiger partial charge < -0.3 is 15.1 Å². The number of rotatable bonds is 6. The van der Waals surface area contributed by atoms with Gasteiger partial charge in [-0.3, -0.25) is 4.79 Å². The van der Waals surface area contributed by atoms with E-state index >= 15 is 0 Å². The van der Waals surface area contributed by atoms with Crippen LogP contribution in [0.5, 0.6) is 0 Å². The molecule has 1 aliphatic heterocycles. The minimum atomic E-state index is -0.194. The fourth-order valence-corrected chi connectivity index (χ4v) is 3.42. The second-order valence-electron chi connectivity index (χ2n) is 6.98. The quantitative estimate of drug-likeness (QED) is 0.827. The molecule has 0 bridgehead atoms. The van der Waals surface area contributed by atoms with Crippen molar-refractivity contribution in [1.82, 2.24) is 4.90 Å². The van der Waals surface area contributed by atoms with Crippen molar-refractivity contribution in [2.75, 3.05) is 23.8 Å². The molecule has 0 aromatic heterocycles. The van der Waals surface area contributed by atoms with Crippen LogP contribution >= 0.6 is 0 Å². The summed E-state index contributed by atoms with van der Waals surface area (Å²) < 4.78 is 0. The average Bonchev–Trinajstić information content (AvgIpc) is 2.71. The molecule has 5 heteroatoms. The predicted molar refractivity (Wildman–Crippen MR) is 109 cm³/mol. The van der Waals surface area contributed by atoms with E-state index in [-0.39, 0.29) is 18.1 Å². The van der Waals surface area contributed by atoms with Gasteiger partial charge in [-0.05, 0) is 43.2 Å². The summed E-state index contributed by atoms with van der Waals surface area (Å²) in [7, 11) is 1.98. The van der Waals surface area contributed by atoms with Crippen molar-refractivity contribution in [2.45, 2.75) is 38.9 Å². The molecule has 1 N–H and O–H groups in total. The molecule has 0 radical (unpaired) electrons. The van der Waals surface area contributed by atoms with E-state index in [0.29, 0.717) is 13.0 Å². The first-order valence-corrected chi connectivity index (χ1v) is 9.43. The topological polar surface area (TPSA) is 59.4 Å². The Bertz CT molecular complexity index is 840. The minimum absolute atomic E-state index is 0.0684. The molecule has 0 unspecified atom stereocenters. The number of fused-ring (bicyclic) bond motifs is 1. The molecule has 0 aliphatic carbocycles. The van der Waals surface area contributed by atoms with Crippen LogP contribution in [0.1, 0.15) is 48.8 Å². The molecular formula is C22H26N4O. The SMILES string of the molecule is CC[C@@H](C)N1C(=O)c2ccccc2N[C@@H]1c1ccc(N(C)CCC#N)cc1. The fourth-order valence-electron chi connectivity index (χ4n) is 3.42. The van der Waals surface area contributed by atoms with Crippen LogP contribution in [0.3, 0.4) is 0 Å². The average molecular weight is 362 g/mol. The standard InChI is InChI=1S/C22H26N4O/c1-4-16(2)26-21(24-20-9-6-5-8-19(20)22(26)27)17-10-12-18(13-11-17)25(3)15-7-14-23/h5-6,8-13,16,21,24H,4,7,15H2,1-3H3/t16-,21+/m1/s1. The van der Waals surface area contributed by atoms with E-state index in [9.17, 15) is 4.79 Å². The number of hydrogen-bond acceptors (Lipinski definition) is 4. The van der Waals surface area contributed by atoms with Gasteiger partial charge in [-0.2, -0.15) is 5.26 Å². The monoisotopic (exact) mass is 362 g/mol. The molecule has 1 aliphatic rings. The predicted octanol–water partition coefficient (Wildman–Crippen LogP) is 4.40. The number of nitriles is 1. The lowest BCUT2D eigenvalue weighted by molar-refractivity contribution is 0.0593. The Morgan fingerprint density at radius 3 is 2.59 bits per heavy atom. The molecule has 0 spiro atoms. The van der Waals surface area contributed by atoms with Crippen LogP contribution in [0.25, 0.3) is 0 Å². The highest BCUT2D eigenvalue weighted by molar-refractivity contribution is 6.01. The summed E-state index contributed by atoms with van der Waals surface area (Å²) in [5, 5.41) is 12.3. The first kappa shape index (κ1) is 18.8. The van der Waals surface area contributed by atoms with Gasteiger partial charge in [-0.15, -0.1) is 0 Å². The number of amides is 1. The van der Waals surface area contributed by atoms with Crippen LogP contribution in [0.2, 0.25) is 0 Å². The van der Waals surface area contributed by atoms with Gasteiger partial charge in [-0.1, -0.05) is 31.2 Å². The second kappa shape index (κ2) is 8.13. The lowest BCUT2D eigenvalue weighted by Crippen LogP contribution is -2.47. The van der Waals surface area contributed by atoms with Crippen molar-refractivity contribution < 1.29 is 4.79 Å². The lowest BCUT2D eigenvalue weighted by Gasteiger charge is -2.41. The Labute approximate surface area is 161 Å². The molecule has 0 saturated carbocycles. The van der Waals surface area contributed by atoms with Gasteiger partial charge in [0.05, 0.1) is 18.1 Å². The molecule has 1 amide bonds.